The molecule has 1 aromatic heterocycles. The maximum absolute atomic E-state index is 12.1. The van der Waals surface area contributed by atoms with Crippen molar-refractivity contribution in [3.05, 3.63) is 17.9 Å². The van der Waals surface area contributed by atoms with Crippen LogP contribution in [-0.2, 0) is 16.6 Å². The van der Waals surface area contributed by atoms with E-state index in [4.69, 9.17) is 9.52 Å². The summed E-state index contributed by atoms with van der Waals surface area (Å²) in [5.74, 6) is 0.585. The lowest BCUT2D eigenvalue weighted by Crippen LogP contribution is -2.32. The maximum atomic E-state index is 12.1. The summed E-state index contributed by atoms with van der Waals surface area (Å²) in [5.41, 5.74) is 0. The molecule has 1 rings (SSSR count). The van der Waals surface area contributed by atoms with Gasteiger partial charge >= 0.3 is 0 Å². The minimum absolute atomic E-state index is 0.0534. The summed E-state index contributed by atoms with van der Waals surface area (Å²) in [6, 6.07) is 3.17. The largest absolute Gasteiger partial charge is 0.447 e. The minimum Gasteiger partial charge on any atom is -0.447 e. The lowest BCUT2D eigenvalue weighted by atomic mass is 10.2. The molecule has 0 aliphatic carbocycles. The van der Waals surface area contributed by atoms with E-state index in [0.717, 1.165) is 0 Å². The lowest BCUT2D eigenvalue weighted by Gasteiger charge is -2.12. The molecule has 0 spiro atoms. The van der Waals surface area contributed by atoms with Crippen LogP contribution in [0.3, 0.4) is 0 Å². The molecule has 7 heteroatoms. The molecule has 3 N–H and O–H groups in total. The maximum Gasteiger partial charge on any atom is 0.274 e. The summed E-state index contributed by atoms with van der Waals surface area (Å²) in [4.78, 5) is 0. The first-order valence-electron chi connectivity index (χ1n) is 6.80. The van der Waals surface area contributed by atoms with Crippen LogP contribution in [0.15, 0.2) is 21.6 Å². The van der Waals surface area contributed by atoms with Gasteiger partial charge in [-0.2, -0.15) is 0 Å². The van der Waals surface area contributed by atoms with Crippen LogP contribution < -0.4 is 10.0 Å². The smallest absolute Gasteiger partial charge is 0.274 e. The summed E-state index contributed by atoms with van der Waals surface area (Å²) in [6.45, 7) is 6.32. The standard InChI is InChI=1S/C13H24N2O4S/c1-10(2)14-9-12-6-7-13(19-12)20(17,18)15-11(3)5-4-8-16/h6-7,10-11,14-16H,4-5,8-9H2,1-3H3. The van der Waals surface area contributed by atoms with Crippen LogP contribution >= 0.6 is 0 Å². The number of nitrogens with one attached hydrogen (secondary N) is 2. The molecule has 1 unspecified atom stereocenters. The van der Waals surface area contributed by atoms with Gasteiger partial charge in [0, 0.05) is 18.7 Å². The highest BCUT2D eigenvalue weighted by molar-refractivity contribution is 7.89. The topological polar surface area (TPSA) is 91.6 Å². The Labute approximate surface area is 120 Å². The molecule has 0 saturated carbocycles. The molecule has 0 aliphatic heterocycles. The summed E-state index contributed by atoms with van der Waals surface area (Å²) in [6.07, 6.45) is 1.14. The van der Waals surface area contributed by atoms with Crippen molar-refractivity contribution in [3.8, 4) is 0 Å². The average molecular weight is 304 g/mol. The van der Waals surface area contributed by atoms with Crippen LogP contribution in [-0.4, -0.2) is 32.2 Å². The Morgan fingerprint density at radius 1 is 1.30 bits per heavy atom. The first kappa shape index (κ1) is 17.2. The van der Waals surface area contributed by atoms with Crippen LogP contribution in [0.4, 0.5) is 0 Å². The molecule has 1 atom stereocenters. The Hall–Kier alpha value is -0.890. The third kappa shape index (κ3) is 5.62. The number of hydrogen-bond acceptors (Lipinski definition) is 5. The highest BCUT2D eigenvalue weighted by Crippen LogP contribution is 2.15. The first-order chi connectivity index (χ1) is 9.35. The summed E-state index contributed by atoms with van der Waals surface area (Å²) >= 11 is 0. The van der Waals surface area contributed by atoms with Gasteiger partial charge in [-0.15, -0.1) is 0 Å². The quantitative estimate of drug-likeness (QED) is 0.638. The molecular formula is C13H24N2O4S. The Balaban J connectivity index is 2.63. The van der Waals surface area contributed by atoms with Gasteiger partial charge < -0.3 is 14.8 Å². The van der Waals surface area contributed by atoms with Crippen molar-refractivity contribution in [3.63, 3.8) is 0 Å². The van der Waals surface area contributed by atoms with Crippen molar-refractivity contribution < 1.29 is 17.9 Å². The van der Waals surface area contributed by atoms with E-state index < -0.39 is 10.0 Å². The van der Waals surface area contributed by atoms with Gasteiger partial charge in [0.15, 0.2) is 0 Å². The molecule has 0 radical (unpaired) electrons. The molecule has 0 fully saturated rings. The predicted molar refractivity (Wildman–Crippen MR) is 76.8 cm³/mol. The zero-order valence-corrected chi connectivity index (χ0v) is 13.0. The molecule has 116 valence electrons. The Morgan fingerprint density at radius 2 is 2.00 bits per heavy atom. The number of aliphatic hydroxyl groups excluding tert-OH is 1. The van der Waals surface area contributed by atoms with Crippen LogP contribution in [0.25, 0.3) is 0 Å². The molecule has 0 saturated heterocycles. The number of sulfonamides is 1. The molecule has 0 aromatic carbocycles. The van der Waals surface area contributed by atoms with Crippen molar-refractivity contribution in [1.82, 2.24) is 10.0 Å². The molecule has 20 heavy (non-hydrogen) atoms. The SMILES string of the molecule is CC(C)NCc1ccc(S(=O)(=O)NC(C)CCCO)o1. The summed E-state index contributed by atoms with van der Waals surface area (Å²) in [7, 11) is -3.63. The second-order valence-electron chi connectivity index (χ2n) is 5.14. The average Bonchev–Trinajstić information content (AvgIpc) is 2.83. The monoisotopic (exact) mass is 304 g/mol. The van der Waals surface area contributed by atoms with Crippen molar-refractivity contribution in [1.29, 1.82) is 0 Å². The fourth-order valence-electron chi connectivity index (χ4n) is 1.68. The van der Waals surface area contributed by atoms with Crippen molar-refractivity contribution in [2.24, 2.45) is 0 Å². The van der Waals surface area contributed by atoms with Crippen molar-refractivity contribution in [2.75, 3.05) is 6.61 Å². The van der Waals surface area contributed by atoms with E-state index in [2.05, 4.69) is 10.0 Å². The molecule has 6 nitrogen and oxygen atoms in total. The van der Waals surface area contributed by atoms with E-state index in [1.807, 2.05) is 13.8 Å². The lowest BCUT2D eigenvalue weighted by molar-refractivity contribution is 0.279. The van der Waals surface area contributed by atoms with E-state index in [1.54, 1.807) is 13.0 Å². The third-order valence-electron chi connectivity index (χ3n) is 2.74. The fourth-order valence-corrected chi connectivity index (χ4v) is 2.91. The van der Waals surface area contributed by atoms with E-state index in [-0.39, 0.29) is 17.7 Å². The molecular weight excluding hydrogens is 280 g/mol. The number of furan rings is 1. The number of hydrogen-bond donors (Lipinski definition) is 3. The molecule has 0 aliphatic rings. The highest BCUT2D eigenvalue weighted by atomic mass is 32.2. The predicted octanol–water partition coefficient (Wildman–Crippen LogP) is 1.22. The second kappa shape index (κ2) is 7.78. The fraction of sp³-hybridized carbons (Fsp3) is 0.692. The summed E-state index contributed by atoms with van der Waals surface area (Å²) in [5, 5.41) is 11.8. The van der Waals surface area contributed by atoms with Gasteiger partial charge in [0.1, 0.15) is 5.76 Å². The van der Waals surface area contributed by atoms with Gasteiger partial charge in [0.05, 0.1) is 6.54 Å². The van der Waals surface area contributed by atoms with E-state index >= 15 is 0 Å². The molecule has 1 heterocycles. The summed E-state index contributed by atoms with van der Waals surface area (Å²) < 4.78 is 32.0. The minimum atomic E-state index is -3.63. The van der Waals surface area contributed by atoms with Gasteiger partial charge in [0.2, 0.25) is 5.09 Å². The third-order valence-corrected chi connectivity index (χ3v) is 4.20. The Kier molecular flexibility index (Phi) is 6.67. The Bertz CT molecular complexity index is 496. The Morgan fingerprint density at radius 3 is 2.60 bits per heavy atom. The highest BCUT2D eigenvalue weighted by Gasteiger charge is 2.21. The number of rotatable bonds is 9. The van der Waals surface area contributed by atoms with E-state index in [0.29, 0.717) is 31.2 Å². The zero-order chi connectivity index (χ0) is 15.2. The van der Waals surface area contributed by atoms with E-state index in [1.165, 1.54) is 6.07 Å². The van der Waals surface area contributed by atoms with Gasteiger partial charge in [-0.05, 0) is 31.9 Å². The van der Waals surface area contributed by atoms with Crippen molar-refractivity contribution in [2.45, 2.75) is 57.3 Å². The van der Waals surface area contributed by atoms with Gasteiger partial charge in [-0.1, -0.05) is 13.8 Å². The zero-order valence-electron chi connectivity index (χ0n) is 12.2. The molecule has 0 bridgehead atoms. The van der Waals surface area contributed by atoms with Crippen LogP contribution in [0.1, 0.15) is 39.4 Å². The van der Waals surface area contributed by atoms with Crippen LogP contribution in [0.2, 0.25) is 0 Å². The normalized spacial score (nSPS) is 13.8. The second-order valence-corrected chi connectivity index (χ2v) is 6.79. The van der Waals surface area contributed by atoms with Crippen molar-refractivity contribution >= 4 is 10.0 Å². The van der Waals surface area contributed by atoms with Gasteiger partial charge in [-0.3, -0.25) is 0 Å². The van der Waals surface area contributed by atoms with Gasteiger partial charge in [-0.25, -0.2) is 13.1 Å². The van der Waals surface area contributed by atoms with Crippen LogP contribution in [0, 0.1) is 0 Å². The van der Waals surface area contributed by atoms with Crippen LogP contribution in [0.5, 0.6) is 0 Å². The van der Waals surface area contributed by atoms with E-state index in [9.17, 15) is 8.42 Å². The first-order valence-corrected chi connectivity index (χ1v) is 8.28. The molecule has 0 amide bonds. The molecule has 1 aromatic rings. The number of aliphatic hydroxyl groups is 1. The van der Waals surface area contributed by atoms with Gasteiger partial charge in [0.25, 0.3) is 10.0 Å².